The van der Waals surface area contributed by atoms with Crippen molar-refractivity contribution in [1.82, 2.24) is 19.8 Å². The molecule has 2 aromatic heterocycles. The van der Waals surface area contributed by atoms with Crippen LogP contribution in [0, 0.1) is 6.92 Å². The van der Waals surface area contributed by atoms with E-state index < -0.39 is 0 Å². The van der Waals surface area contributed by atoms with Crippen LogP contribution in [0.4, 0.5) is 0 Å². The van der Waals surface area contributed by atoms with E-state index in [0.29, 0.717) is 6.61 Å². The van der Waals surface area contributed by atoms with Gasteiger partial charge in [-0.15, -0.1) is 10.2 Å². The number of aryl methyl sites for hydroxylation is 1. The molecule has 0 fully saturated rings. The van der Waals surface area contributed by atoms with Crippen LogP contribution in [-0.2, 0) is 4.74 Å². The Hall–Kier alpha value is -1.05. The molecule has 82 valence electrons. The second kappa shape index (κ2) is 4.21. The Kier molecular flexibility index (Phi) is 2.94. The minimum absolute atomic E-state index is 0.0870. The van der Waals surface area contributed by atoms with Crippen molar-refractivity contribution >= 4 is 16.3 Å². The Morgan fingerprint density at radius 2 is 2.33 bits per heavy atom. The molecule has 0 bridgehead atoms. The molecule has 1 atom stereocenters. The highest BCUT2D eigenvalue weighted by molar-refractivity contribution is 7.16. The maximum Gasteiger partial charge on any atom is 0.234 e. The predicted molar refractivity (Wildman–Crippen MR) is 56.8 cm³/mol. The minimum Gasteiger partial charge on any atom is -0.385 e. The van der Waals surface area contributed by atoms with Gasteiger partial charge < -0.3 is 10.5 Å². The van der Waals surface area contributed by atoms with Crippen LogP contribution >= 0.6 is 11.3 Å². The van der Waals surface area contributed by atoms with E-state index in [9.17, 15) is 0 Å². The van der Waals surface area contributed by atoms with Crippen molar-refractivity contribution in [3.63, 3.8) is 0 Å². The van der Waals surface area contributed by atoms with E-state index in [0.717, 1.165) is 22.2 Å². The average molecular weight is 227 g/mol. The summed E-state index contributed by atoms with van der Waals surface area (Å²) in [7, 11) is 1.66. The summed E-state index contributed by atoms with van der Waals surface area (Å²) < 4.78 is 6.69. The number of hydrogen-bond donors (Lipinski definition) is 1. The maximum absolute atomic E-state index is 5.96. The normalized spacial score (nSPS) is 13.5. The van der Waals surface area contributed by atoms with Gasteiger partial charge in [-0.25, -0.2) is 0 Å². The van der Waals surface area contributed by atoms with E-state index in [4.69, 9.17) is 10.5 Å². The van der Waals surface area contributed by atoms with E-state index >= 15 is 0 Å². The molecule has 2 aromatic rings. The average Bonchev–Trinajstić information content (AvgIpc) is 2.78. The van der Waals surface area contributed by atoms with Gasteiger partial charge in [0.15, 0.2) is 5.82 Å². The summed E-state index contributed by atoms with van der Waals surface area (Å²) in [4.78, 5) is 0.787. The summed E-state index contributed by atoms with van der Waals surface area (Å²) in [6, 6.07) is -0.0870. The van der Waals surface area contributed by atoms with Crippen LogP contribution in [0.5, 0.6) is 0 Å². The molecule has 0 aliphatic heterocycles. The van der Waals surface area contributed by atoms with E-state index in [2.05, 4.69) is 15.3 Å². The Labute approximate surface area is 91.1 Å². The van der Waals surface area contributed by atoms with Crippen molar-refractivity contribution in [2.75, 3.05) is 13.7 Å². The first-order valence-corrected chi connectivity index (χ1v) is 5.47. The predicted octanol–water partition coefficient (Wildman–Crippen LogP) is 0.531. The monoisotopic (exact) mass is 227 g/mol. The van der Waals surface area contributed by atoms with Crippen molar-refractivity contribution < 1.29 is 4.74 Å². The van der Waals surface area contributed by atoms with Crippen LogP contribution < -0.4 is 5.73 Å². The van der Waals surface area contributed by atoms with E-state index in [1.54, 1.807) is 11.6 Å². The molecule has 2 N–H and O–H groups in total. The van der Waals surface area contributed by atoms with E-state index in [1.807, 2.05) is 6.92 Å². The fourth-order valence-corrected chi connectivity index (χ4v) is 2.17. The zero-order valence-electron chi connectivity index (χ0n) is 8.67. The molecule has 0 saturated carbocycles. The molecule has 0 aromatic carbocycles. The molecule has 0 aliphatic carbocycles. The fourth-order valence-electron chi connectivity index (χ4n) is 1.25. The van der Waals surface area contributed by atoms with Crippen molar-refractivity contribution in [2.24, 2.45) is 5.73 Å². The highest BCUT2D eigenvalue weighted by atomic mass is 32.1. The molecule has 2 rings (SSSR count). The third-order valence-corrected chi connectivity index (χ3v) is 3.14. The summed E-state index contributed by atoms with van der Waals surface area (Å²) in [5, 5.41) is 13.1. The molecule has 7 heteroatoms. The second-order valence-corrected chi connectivity index (χ2v) is 4.26. The number of ether oxygens (including phenoxy) is 1. The number of aromatic nitrogens is 4. The molecule has 0 radical (unpaired) electrons. The summed E-state index contributed by atoms with van der Waals surface area (Å²) in [5.74, 6) is 0.784. The molecule has 6 nitrogen and oxygen atoms in total. The summed E-state index contributed by atoms with van der Waals surface area (Å²) >= 11 is 1.47. The van der Waals surface area contributed by atoms with Crippen molar-refractivity contribution in [3.05, 3.63) is 10.8 Å². The third-order valence-electron chi connectivity index (χ3n) is 2.11. The first kappa shape index (κ1) is 10.5. The van der Waals surface area contributed by atoms with Gasteiger partial charge in [-0.2, -0.15) is 9.61 Å². The Morgan fingerprint density at radius 3 is 3.00 bits per heavy atom. The topological polar surface area (TPSA) is 78.3 Å². The Balaban J connectivity index is 2.20. The number of nitrogens with zero attached hydrogens (tertiary/aromatic N) is 4. The maximum atomic E-state index is 5.96. The molecule has 15 heavy (non-hydrogen) atoms. The minimum atomic E-state index is -0.0870. The Bertz CT molecular complexity index is 451. The summed E-state index contributed by atoms with van der Waals surface area (Å²) in [6.45, 7) is 2.50. The van der Waals surface area contributed by atoms with Gasteiger partial charge >= 0.3 is 0 Å². The number of hydrogen-bond acceptors (Lipinski definition) is 6. The number of fused-ring (bicyclic) bond motifs is 1. The van der Waals surface area contributed by atoms with Gasteiger partial charge in [0.2, 0.25) is 4.96 Å². The first-order valence-electron chi connectivity index (χ1n) is 4.65. The SMILES string of the molecule is COCCC(N)c1nn2c(C)nnc2s1. The van der Waals surface area contributed by atoms with Crippen LogP contribution in [0.2, 0.25) is 0 Å². The van der Waals surface area contributed by atoms with Gasteiger partial charge in [0.1, 0.15) is 5.01 Å². The fraction of sp³-hybridized carbons (Fsp3) is 0.625. The van der Waals surface area contributed by atoms with Gasteiger partial charge in [-0.1, -0.05) is 11.3 Å². The molecular formula is C8H13N5OS. The molecule has 0 amide bonds. The molecule has 0 aliphatic rings. The van der Waals surface area contributed by atoms with Crippen LogP contribution in [0.25, 0.3) is 4.96 Å². The van der Waals surface area contributed by atoms with Gasteiger partial charge in [-0.05, 0) is 13.3 Å². The van der Waals surface area contributed by atoms with Crippen molar-refractivity contribution in [3.8, 4) is 0 Å². The van der Waals surface area contributed by atoms with Crippen LogP contribution in [0.3, 0.4) is 0 Å². The molecule has 2 heterocycles. The first-order chi connectivity index (χ1) is 7.22. The number of rotatable bonds is 4. The molecular weight excluding hydrogens is 214 g/mol. The van der Waals surface area contributed by atoms with Crippen LogP contribution in [-0.4, -0.2) is 33.5 Å². The molecule has 0 spiro atoms. The third kappa shape index (κ3) is 1.99. The van der Waals surface area contributed by atoms with E-state index in [-0.39, 0.29) is 6.04 Å². The molecule has 0 saturated heterocycles. The summed E-state index contributed by atoms with van der Waals surface area (Å²) in [6.07, 6.45) is 0.764. The van der Waals surface area contributed by atoms with Crippen molar-refractivity contribution in [1.29, 1.82) is 0 Å². The van der Waals surface area contributed by atoms with E-state index in [1.165, 1.54) is 11.3 Å². The zero-order chi connectivity index (χ0) is 10.8. The van der Waals surface area contributed by atoms with Gasteiger partial charge in [0.25, 0.3) is 0 Å². The summed E-state index contributed by atoms with van der Waals surface area (Å²) in [5.41, 5.74) is 5.96. The number of methoxy groups -OCH3 is 1. The Morgan fingerprint density at radius 1 is 1.53 bits per heavy atom. The number of nitrogens with two attached hydrogens (primary N) is 1. The smallest absolute Gasteiger partial charge is 0.234 e. The quantitative estimate of drug-likeness (QED) is 0.824. The van der Waals surface area contributed by atoms with Crippen LogP contribution in [0.15, 0.2) is 0 Å². The lowest BCUT2D eigenvalue weighted by Gasteiger charge is -2.05. The standard InChI is InChI=1S/C8H13N5OS/c1-5-10-11-8-13(5)12-7(15-8)6(9)3-4-14-2/h6H,3-4,9H2,1-2H3. The van der Waals surface area contributed by atoms with Crippen molar-refractivity contribution in [2.45, 2.75) is 19.4 Å². The zero-order valence-corrected chi connectivity index (χ0v) is 9.49. The molecule has 1 unspecified atom stereocenters. The second-order valence-electron chi connectivity index (χ2n) is 3.27. The lowest BCUT2D eigenvalue weighted by molar-refractivity contribution is 0.188. The highest BCUT2D eigenvalue weighted by Gasteiger charge is 2.14. The van der Waals surface area contributed by atoms with Gasteiger partial charge in [-0.3, -0.25) is 0 Å². The largest absolute Gasteiger partial charge is 0.385 e. The lowest BCUT2D eigenvalue weighted by Crippen LogP contribution is -2.12. The highest BCUT2D eigenvalue weighted by Crippen LogP contribution is 2.20. The lowest BCUT2D eigenvalue weighted by atomic mass is 10.2. The van der Waals surface area contributed by atoms with Crippen LogP contribution in [0.1, 0.15) is 23.3 Å². The van der Waals surface area contributed by atoms with Gasteiger partial charge in [0.05, 0.1) is 6.04 Å². The van der Waals surface area contributed by atoms with Gasteiger partial charge in [0, 0.05) is 13.7 Å².